The van der Waals surface area contributed by atoms with E-state index in [0.717, 1.165) is 32.5 Å². The van der Waals surface area contributed by atoms with E-state index in [1.54, 1.807) is 7.11 Å². The van der Waals surface area contributed by atoms with Crippen molar-refractivity contribution in [3.8, 4) is 0 Å². The minimum Gasteiger partial charge on any atom is -0.383 e. The molecule has 0 radical (unpaired) electrons. The maximum Gasteiger partial charge on any atom is 0.0615 e. The topological polar surface area (TPSA) is 47.3 Å². The zero-order valence-corrected chi connectivity index (χ0v) is 9.18. The fourth-order valence-corrected chi connectivity index (χ4v) is 1.21. The SMILES string of the molecule is COCC(CCCN)NCC(C)C. The van der Waals surface area contributed by atoms with Gasteiger partial charge in [-0.15, -0.1) is 0 Å². The van der Waals surface area contributed by atoms with Gasteiger partial charge in [-0.05, 0) is 31.8 Å². The van der Waals surface area contributed by atoms with Gasteiger partial charge in [-0.1, -0.05) is 13.8 Å². The summed E-state index contributed by atoms with van der Waals surface area (Å²) in [5, 5.41) is 3.47. The van der Waals surface area contributed by atoms with E-state index in [0.29, 0.717) is 12.0 Å². The van der Waals surface area contributed by atoms with Gasteiger partial charge >= 0.3 is 0 Å². The van der Waals surface area contributed by atoms with Crippen molar-refractivity contribution >= 4 is 0 Å². The van der Waals surface area contributed by atoms with Gasteiger partial charge in [-0.2, -0.15) is 0 Å². The van der Waals surface area contributed by atoms with E-state index in [2.05, 4.69) is 19.2 Å². The average molecular weight is 188 g/mol. The molecule has 0 fully saturated rings. The number of nitrogens with two attached hydrogens (primary N) is 1. The van der Waals surface area contributed by atoms with Gasteiger partial charge in [0.2, 0.25) is 0 Å². The Balaban J connectivity index is 3.53. The third-order valence-corrected chi connectivity index (χ3v) is 1.94. The molecule has 13 heavy (non-hydrogen) atoms. The Morgan fingerprint density at radius 3 is 2.54 bits per heavy atom. The second-order valence-corrected chi connectivity index (χ2v) is 3.89. The number of rotatable bonds is 8. The summed E-state index contributed by atoms with van der Waals surface area (Å²) in [6, 6.07) is 0.468. The van der Waals surface area contributed by atoms with Gasteiger partial charge in [0.15, 0.2) is 0 Å². The predicted molar refractivity (Wildman–Crippen MR) is 56.8 cm³/mol. The van der Waals surface area contributed by atoms with Gasteiger partial charge in [0.05, 0.1) is 6.61 Å². The highest BCUT2D eigenvalue weighted by Crippen LogP contribution is 1.98. The Bertz CT molecular complexity index is 107. The molecule has 0 aliphatic carbocycles. The van der Waals surface area contributed by atoms with Gasteiger partial charge < -0.3 is 15.8 Å². The first-order valence-electron chi connectivity index (χ1n) is 5.13. The lowest BCUT2D eigenvalue weighted by Gasteiger charge is -2.18. The van der Waals surface area contributed by atoms with Gasteiger partial charge in [0, 0.05) is 13.2 Å². The van der Waals surface area contributed by atoms with Crippen LogP contribution in [0.15, 0.2) is 0 Å². The molecule has 3 N–H and O–H groups in total. The fourth-order valence-electron chi connectivity index (χ4n) is 1.21. The Morgan fingerprint density at radius 2 is 2.08 bits per heavy atom. The maximum atomic E-state index is 5.46. The van der Waals surface area contributed by atoms with Crippen LogP contribution < -0.4 is 11.1 Å². The third kappa shape index (κ3) is 8.22. The Hall–Kier alpha value is -0.120. The Morgan fingerprint density at radius 1 is 1.38 bits per heavy atom. The van der Waals surface area contributed by atoms with E-state index in [1.807, 2.05) is 0 Å². The molecule has 0 amide bonds. The molecule has 1 atom stereocenters. The zero-order valence-electron chi connectivity index (χ0n) is 9.18. The maximum absolute atomic E-state index is 5.46. The molecule has 3 heteroatoms. The van der Waals surface area contributed by atoms with Crippen LogP contribution in [0.3, 0.4) is 0 Å². The number of ether oxygens (including phenoxy) is 1. The third-order valence-electron chi connectivity index (χ3n) is 1.94. The Kier molecular flexibility index (Phi) is 8.40. The van der Waals surface area contributed by atoms with E-state index in [4.69, 9.17) is 10.5 Å². The van der Waals surface area contributed by atoms with Crippen LogP contribution in [0.25, 0.3) is 0 Å². The van der Waals surface area contributed by atoms with E-state index >= 15 is 0 Å². The van der Waals surface area contributed by atoms with E-state index in [9.17, 15) is 0 Å². The van der Waals surface area contributed by atoms with Crippen molar-refractivity contribution in [3.63, 3.8) is 0 Å². The smallest absolute Gasteiger partial charge is 0.0615 e. The van der Waals surface area contributed by atoms with E-state index < -0.39 is 0 Å². The molecule has 0 bridgehead atoms. The number of nitrogens with one attached hydrogen (secondary N) is 1. The molecule has 0 rings (SSSR count). The molecular weight excluding hydrogens is 164 g/mol. The summed E-state index contributed by atoms with van der Waals surface area (Å²) in [7, 11) is 1.74. The molecule has 1 unspecified atom stereocenters. The molecule has 80 valence electrons. The minimum atomic E-state index is 0.468. The molecule has 0 spiro atoms. The first-order valence-corrected chi connectivity index (χ1v) is 5.13. The molecule has 0 aromatic heterocycles. The summed E-state index contributed by atoms with van der Waals surface area (Å²) >= 11 is 0. The molecule has 0 aliphatic heterocycles. The van der Waals surface area contributed by atoms with Gasteiger partial charge in [-0.3, -0.25) is 0 Å². The molecule has 0 aliphatic rings. The van der Waals surface area contributed by atoms with Crippen LogP contribution in [-0.4, -0.2) is 32.8 Å². The second-order valence-electron chi connectivity index (χ2n) is 3.89. The summed E-state index contributed by atoms with van der Waals surface area (Å²) in [5.41, 5.74) is 5.46. The standard InChI is InChI=1S/C10H24N2O/c1-9(2)7-12-10(8-13-3)5-4-6-11/h9-10,12H,4-8,11H2,1-3H3. The minimum absolute atomic E-state index is 0.468. The highest BCUT2D eigenvalue weighted by Gasteiger charge is 2.07. The molecule has 0 saturated carbocycles. The summed E-state index contributed by atoms with van der Waals surface area (Å²) in [5.74, 6) is 0.692. The highest BCUT2D eigenvalue weighted by molar-refractivity contribution is 4.67. The molecule has 0 aromatic carbocycles. The molecule has 0 heterocycles. The van der Waals surface area contributed by atoms with Gasteiger partial charge in [-0.25, -0.2) is 0 Å². The van der Waals surface area contributed by atoms with Crippen molar-refractivity contribution in [1.29, 1.82) is 0 Å². The van der Waals surface area contributed by atoms with Crippen LogP contribution >= 0.6 is 0 Å². The number of methoxy groups -OCH3 is 1. The monoisotopic (exact) mass is 188 g/mol. The van der Waals surface area contributed by atoms with Crippen LogP contribution in [0.5, 0.6) is 0 Å². The van der Waals surface area contributed by atoms with Crippen LogP contribution in [0.2, 0.25) is 0 Å². The zero-order chi connectivity index (χ0) is 10.1. The van der Waals surface area contributed by atoms with Crippen molar-refractivity contribution < 1.29 is 4.74 Å². The lowest BCUT2D eigenvalue weighted by Crippen LogP contribution is -2.36. The van der Waals surface area contributed by atoms with Crippen molar-refractivity contribution in [2.75, 3.05) is 26.8 Å². The van der Waals surface area contributed by atoms with Crippen LogP contribution in [0.1, 0.15) is 26.7 Å². The fraction of sp³-hybridized carbons (Fsp3) is 1.00. The number of hydrogen-bond donors (Lipinski definition) is 2. The molecule has 3 nitrogen and oxygen atoms in total. The van der Waals surface area contributed by atoms with Crippen LogP contribution in [-0.2, 0) is 4.74 Å². The summed E-state index contributed by atoms with van der Waals surface area (Å²) in [4.78, 5) is 0. The first-order chi connectivity index (χ1) is 6.20. The van der Waals surface area contributed by atoms with Crippen molar-refractivity contribution in [2.24, 2.45) is 11.7 Å². The van der Waals surface area contributed by atoms with Gasteiger partial charge in [0.1, 0.15) is 0 Å². The van der Waals surface area contributed by atoms with Crippen molar-refractivity contribution in [2.45, 2.75) is 32.7 Å². The number of hydrogen-bond acceptors (Lipinski definition) is 3. The van der Waals surface area contributed by atoms with Crippen LogP contribution in [0, 0.1) is 5.92 Å². The molecular formula is C10H24N2O. The summed E-state index contributed by atoms with van der Waals surface area (Å²) in [6.07, 6.45) is 2.18. The van der Waals surface area contributed by atoms with Crippen molar-refractivity contribution in [3.05, 3.63) is 0 Å². The van der Waals surface area contributed by atoms with E-state index in [-0.39, 0.29) is 0 Å². The van der Waals surface area contributed by atoms with Crippen LogP contribution in [0.4, 0.5) is 0 Å². The molecule has 0 saturated heterocycles. The normalized spacial score (nSPS) is 13.6. The Labute approximate surface area is 82.0 Å². The summed E-state index contributed by atoms with van der Waals surface area (Å²) in [6.45, 7) is 7.02. The first kappa shape index (κ1) is 12.9. The quantitative estimate of drug-likeness (QED) is 0.597. The highest BCUT2D eigenvalue weighted by atomic mass is 16.5. The molecule has 0 aromatic rings. The van der Waals surface area contributed by atoms with E-state index in [1.165, 1.54) is 0 Å². The average Bonchev–Trinajstić information content (AvgIpc) is 2.09. The van der Waals surface area contributed by atoms with Gasteiger partial charge in [0.25, 0.3) is 0 Å². The summed E-state index contributed by atoms with van der Waals surface area (Å²) < 4.78 is 5.13. The predicted octanol–water partition coefficient (Wildman–Crippen LogP) is 0.986. The van der Waals surface area contributed by atoms with Crippen molar-refractivity contribution in [1.82, 2.24) is 5.32 Å². The lowest BCUT2D eigenvalue weighted by molar-refractivity contribution is 0.160. The lowest BCUT2D eigenvalue weighted by atomic mass is 10.1. The second kappa shape index (κ2) is 8.48. The largest absolute Gasteiger partial charge is 0.383 e.